The Labute approximate surface area is 201 Å². The van der Waals surface area contributed by atoms with Gasteiger partial charge in [-0.3, -0.25) is 14.5 Å². The molecule has 1 aromatic carbocycles. The molecule has 0 spiro atoms. The maximum atomic E-state index is 12.0. The molecule has 168 valence electrons. The number of aryl methyl sites for hydroxylation is 2. The van der Waals surface area contributed by atoms with Crippen LogP contribution in [0.15, 0.2) is 29.3 Å². The van der Waals surface area contributed by atoms with Crippen LogP contribution in [0, 0.1) is 13.8 Å². The largest absolute Gasteiger partial charge is 0.352 e. The second kappa shape index (κ2) is 10.0. The Morgan fingerprint density at radius 1 is 1.29 bits per heavy atom. The van der Waals surface area contributed by atoms with E-state index in [1.54, 1.807) is 0 Å². The van der Waals surface area contributed by atoms with Crippen LogP contribution in [-0.2, 0) is 18.4 Å². The Morgan fingerprint density at radius 3 is 2.71 bits per heavy atom. The molecule has 0 bridgehead atoms. The lowest BCUT2D eigenvalue weighted by Crippen LogP contribution is -2.41. The summed E-state index contributed by atoms with van der Waals surface area (Å²) in [5.74, 6) is 1.58. The van der Waals surface area contributed by atoms with Gasteiger partial charge in [-0.15, -0.1) is 24.0 Å². The van der Waals surface area contributed by atoms with Gasteiger partial charge < -0.3 is 15.1 Å². The third kappa shape index (κ3) is 4.73. The van der Waals surface area contributed by atoms with E-state index in [2.05, 4.69) is 51.5 Å². The molecule has 1 atom stereocenters. The average Bonchev–Trinajstić information content (AvgIpc) is 3.39. The van der Waals surface area contributed by atoms with E-state index in [0.717, 1.165) is 44.1 Å². The predicted molar refractivity (Wildman–Crippen MR) is 135 cm³/mol. The molecule has 3 heterocycles. The molecule has 1 amide bonds. The predicted octanol–water partition coefficient (Wildman–Crippen LogP) is 3.35. The molecule has 0 saturated carbocycles. The van der Waals surface area contributed by atoms with Gasteiger partial charge in [-0.1, -0.05) is 18.2 Å². The molecule has 1 unspecified atom stereocenters. The summed E-state index contributed by atoms with van der Waals surface area (Å²) in [6.07, 6.45) is 2.68. The number of rotatable bonds is 5. The first kappa shape index (κ1) is 23.6. The number of carbonyl (C=O) groups is 1. The number of aromatic nitrogens is 2. The molecule has 2 aromatic rings. The molecule has 0 aliphatic carbocycles. The molecule has 2 aliphatic heterocycles. The number of carbonyl (C=O) groups excluding carboxylic acids is 1. The van der Waals surface area contributed by atoms with Crippen LogP contribution in [0.4, 0.5) is 5.69 Å². The summed E-state index contributed by atoms with van der Waals surface area (Å²) in [5.41, 5.74) is 6.00. The number of nitrogens with zero attached hydrogens (tertiary/aromatic N) is 5. The second-order valence-electron chi connectivity index (χ2n) is 8.31. The monoisotopic (exact) mass is 536 g/mol. The molecule has 4 rings (SSSR count). The number of aliphatic imine (C=N–C) groups is 1. The fourth-order valence-electron chi connectivity index (χ4n) is 4.73. The summed E-state index contributed by atoms with van der Waals surface area (Å²) in [4.78, 5) is 20.9. The molecule has 8 heteroatoms. The summed E-state index contributed by atoms with van der Waals surface area (Å²) in [6, 6.07) is 8.58. The van der Waals surface area contributed by atoms with E-state index in [1.165, 1.54) is 22.5 Å². The van der Waals surface area contributed by atoms with Crippen molar-refractivity contribution in [1.29, 1.82) is 0 Å². The van der Waals surface area contributed by atoms with Crippen LogP contribution in [0.1, 0.15) is 47.7 Å². The topological polar surface area (TPSA) is 65.8 Å². The van der Waals surface area contributed by atoms with Crippen molar-refractivity contribution in [2.24, 2.45) is 12.0 Å². The van der Waals surface area contributed by atoms with E-state index in [0.29, 0.717) is 24.8 Å². The van der Waals surface area contributed by atoms with E-state index in [1.807, 2.05) is 30.6 Å². The van der Waals surface area contributed by atoms with Gasteiger partial charge in [0.2, 0.25) is 5.91 Å². The van der Waals surface area contributed by atoms with Gasteiger partial charge in [0.1, 0.15) is 0 Å². The molecule has 31 heavy (non-hydrogen) atoms. The summed E-state index contributed by atoms with van der Waals surface area (Å²) in [5, 5.41) is 8.07. The Bertz CT molecular complexity index is 969. The zero-order chi connectivity index (χ0) is 21.3. The number of hydrogen-bond donors (Lipinski definition) is 1. The number of likely N-dealkylation sites (tertiary alicyclic amines) is 1. The van der Waals surface area contributed by atoms with Gasteiger partial charge in [0.05, 0.1) is 5.69 Å². The van der Waals surface area contributed by atoms with Crippen molar-refractivity contribution in [3.63, 3.8) is 0 Å². The molecule has 2 aliphatic rings. The number of halogens is 1. The first-order valence-corrected chi connectivity index (χ1v) is 10.8. The highest BCUT2D eigenvalue weighted by molar-refractivity contribution is 14.0. The highest BCUT2D eigenvalue weighted by Crippen LogP contribution is 2.38. The van der Waals surface area contributed by atoms with Gasteiger partial charge in [-0.05, 0) is 38.3 Å². The van der Waals surface area contributed by atoms with Gasteiger partial charge in [0.15, 0.2) is 5.96 Å². The first-order valence-electron chi connectivity index (χ1n) is 10.8. The highest BCUT2D eigenvalue weighted by atomic mass is 127. The summed E-state index contributed by atoms with van der Waals surface area (Å²) in [6.45, 7) is 7.47. The molecule has 1 fully saturated rings. The van der Waals surface area contributed by atoms with Crippen LogP contribution < -0.4 is 10.2 Å². The van der Waals surface area contributed by atoms with E-state index >= 15 is 0 Å². The summed E-state index contributed by atoms with van der Waals surface area (Å²) >= 11 is 0. The Kier molecular flexibility index (Phi) is 7.61. The van der Waals surface area contributed by atoms with Crippen molar-refractivity contribution in [2.45, 2.75) is 45.6 Å². The number of amides is 1. The Balaban J connectivity index is 0.00000272. The number of fused-ring (bicyclic) bond motifs is 1. The van der Waals surface area contributed by atoms with Gasteiger partial charge in [0.25, 0.3) is 0 Å². The molecule has 1 aromatic heterocycles. The van der Waals surface area contributed by atoms with Crippen molar-refractivity contribution in [3.05, 3.63) is 46.8 Å². The van der Waals surface area contributed by atoms with Crippen molar-refractivity contribution in [2.75, 3.05) is 31.6 Å². The maximum absolute atomic E-state index is 12.0. The zero-order valence-electron chi connectivity index (χ0n) is 18.9. The quantitative estimate of drug-likeness (QED) is 0.362. The number of anilines is 1. The van der Waals surface area contributed by atoms with Crippen molar-refractivity contribution in [1.82, 2.24) is 20.0 Å². The third-order valence-corrected chi connectivity index (χ3v) is 6.54. The maximum Gasteiger partial charge on any atom is 0.222 e. The lowest BCUT2D eigenvalue weighted by atomic mass is 9.98. The third-order valence-electron chi connectivity index (χ3n) is 6.54. The zero-order valence-corrected chi connectivity index (χ0v) is 21.2. The SMILES string of the molecule is CN=C(NCc1c(C)nn(C)c1C)N1CC(CCN2CCCC2=O)c2ccccc21.I. The summed E-state index contributed by atoms with van der Waals surface area (Å²) in [7, 11) is 3.82. The van der Waals surface area contributed by atoms with Crippen LogP contribution in [0.3, 0.4) is 0 Å². The minimum absolute atomic E-state index is 0. The van der Waals surface area contributed by atoms with Crippen molar-refractivity contribution < 1.29 is 4.79 Å². The molecular formula is C23H33IN6O. The van der Waals surface area contributed by atoms with Crippen molar-refractivity contribution >= 4 is 41.5 Å². The number of benzene rings is 1. The lowest BCUT2D eigenvalue weighted by Gasteiger charge is -2.23. The Hall–Kier alpha value is -2.10. The molecular weight excluding hydrogens is 503 g/mol. The van der Waals surface area contributed by atoms with Gasteiger partial charge in [-0.2, -0.15) is 5.10 Å². The van der Waals surface area contributed by atoms with Gasteiger partial charge in [-0.25, -0.2) is 0 Å². The minimum Gasteiger partial charge on any atom is -0.352 e. The van der Waals surface area contributed by atoms with Crippen molar-refractivity contribution in [3.8, 4) is 0 Å². The van der Waals surface area contributed by atoms with E-state index in [9.17, 15) is 4.79 Å². The average molecular weight is 536 g/mol. The van der Waals surface area contributed by atoms with E-state index in [4.69, 9.17) is 0 Å². The summed E-state index contributed by atoms with van der Waals surface area (Å²) < 4.78 is 1.93. The standard InChI is InChI=1S/C23H32N6O.HI/c1-16-20(17(2)27(4)26-16)14-25-23(24-3)29-15-18(19-8-5-6-9-21(19)29)11-13-28-12-7-10-22(28)30;/h5-6,8-9,18H,7,10-15H2,1-4H3,(H,24,25);1H. The molecule has 1 N–H and O–H groups in total. The number of guanidine groups is 1. The van der Waals surface area contributed by atoms with Crippen LogP contribution >= 0.6 is 24.0 Å². The smallest absolute Gasteiger partial charge is 0.222 e. The number of nitrogens with one attached hydrogen (secondary N) is 1. The first-order chi connectivity index (χ1) is 14.5. The van der Waals surface area contributed by atoms with Crippen LogP contribution in [0.5, 0.6) is 0 Å². The molecule has 0 radical (unpaired) electrons. The fourth-order valence-corrected chi connectivity index (χ4v) is 4.73. The highest BCUT2D eigenvalue weighted by Gasteiger charge is 2.32. The van der Waals surface area contributed by atoms with Crippen LogP contribution in [-0.4, -0.2) is 53.2 Å². The van der Waals surface area contributed by atoms with Crippen LogP contribution in [0.2, 0.25) is 0 Å². The van der Waals surface area contributed by atoms with E-state index in [-0.39, 0.29) is 24.0 Å². The lowest BCUT2D eigenvalue weighted by molar-refractivity contribution is -0.127. The van der Waals surface area contributed by atoms with Gasteiger partial charge in [0, 0.05) is 69.6 Å². The Morgan fingerprint density at radius 2 is 2.06 bits per heavy atom. The second-order valence-corrected chi connectivity index (χ2v) is 8.31. The molecule has 1 saturated heterocycles. The van der Waals surface area contributed by atoms with Crippen LogP contribution in [0.25, 0.3) is 0 Å². The number of para-hydroxylation sites is 1. The van der Waals surface area contributed by atoms with E-state index < -0.39 is 0 Å². The van der Waals surface area contributed by atoms with Gasteiger partial charge >= 0.3 is 0 Å². The fraction of sp³-hybridized carbons (Fsp3) is 0.522. The normalized spacial score (nSPS) is 18.4. The minimum atomic E-state index is 0. The molecule has 7 nitrogen and oxygen atoms in total. The number of hydrogen-bond acceptors (Lipinski definition) is 3.